The highest BCUT2D eigenvalue weighted by Crippen LogP contribution is 2.11. The van der Waals surface area contributed by atoms with Crippen molar-refractivity contribution in [3.05, 3.63) is 12.2 Å². The number of likely N-dealkylation sites (tertiary alicyclic amines) is 1. The van der Waals surface area contributed by atoms with Gasteiger partial charge in [0.2, 0.25) is 0 Å². The molecule has 1 atom stereocenters. The van der Waals surface area contributed by atoms with Gasteiger partial charge in [-0.1, -0.05) is 0 Å². The second kappa shape index (κ2) is 4.72. The predicted octanol–water partition coefficient (Wildman–Crippen LogP) is -0.00110. The summed E-state index contributed by atoms with van der Waals surface area (Å²) in [6.07, 6.45) is 4.31. The molecule has 1 aliphatic rings. The summed E-state index contributed by atoms with van der Waals surface area (Å²) in [6.45, 7) is 3.20. The fraction of sp³-hybridized carbons (Fsp3) is 0.800. The van der Waals surface area contributed by atoms with E-state index in [9.17, 15) is 0 Å². The van der Waals surface area contributed by atoms with Crippen LogP contribution in [0.2, 0.25) is 0 Å². The molecule has 2 rings (SSSR count). The van der Waals surface area contributed by atoms with Gasteiger partial charge in [-0.3, -0.25) is 4.90 Å². The van der Waals surface area contributed by atoms with Gasteiger partial charge in [-0.05, 0) is 26.4 Å². The average Bonchev–Trinajstić information content (AvgIpc) is 2.65. The van der Waals surface area contributed by atoms with E-state index in [1.54, 1.807) is 6.33 Å². The lowest BCUT2D eigenvalue weighted by Crippen LogP contribution is -2.44. The van der Waals surface area contributed by atoms with Gasteiger partial charge in [0.25, 0.3) is 0 Å². The number of aromatic nitrogens is 3. The molecule has 0 aromatic carbocycles. The van der Waals surface area contributed by atoms with Gasteiger partial charge in [-0.15, -0.1) is 10.2 Å². The van der Waals surface area contributed by atoms with E-state index in [-0.39, 0.29) is 0 Å². The largest absolute Gasteiger partial charge is 0.320 e. The molecule has 0 amide bonds. The van der Waals surface area contributed by atoms with Crippen LogP contribution in [-0.2, 0) is 13.6 Å². The maximum Gasteiger partial charge on any atom is 0.146 e. The molecule has 1 fully saturated rings. The Bertz CT molecular complexity index is 309. The fourth-order valence-electron chi connectivity index (χ4n) is 2.09. The van der Waals surface area contributed by atoms with Crippen LogP contribution in [0.25, 0.3) is 0 Å². The Morgan fingerprint density at radius 3 is 3.13 bits per heavy atom. The van der Waals surface area contributed by atoms with Crippen molar-refractivity contribution in [2.75, 3.05) is 20.1 Å². The number of nitrogens with one attached hydrogen (secondary N) is 1. The van der Waals surface area contributed by atoms with E-state index in [4.69, 9.17) is 0 Å². The van der Waals surface area contributed by atoms with Crippen LogP contribution < -0.4 is 5.32 Å². The number of aryl methyl sites for hydroxylation is 1. The average molecular weight is 209 g/mol. The van der Waals surface area contributed by atoms with E-state index < -0.39 is 0 Å². The Morgan fingerprint density at radius 1 is 1.60 bits per heavy atom. The Morgan fingerprint density at radius 2 is 2.47 bits per heavy atom. The van der Waals surface area contributed by atoms with Gasteiger partial charge >= 0.3 is 0 Å². The lowest BCUT2D eigenvalue weighted by atomic mass is 10.1. The van der Waals surface area contributed by atoms with E-state index >= 15 is 0 Å². The van der Waals surface area contributed by atoms with Crippen molar-refractivity contribution in [2.45, 2.75) is 25.4 Å². The lowest BCUT2D eigenvalue weighted by Gasteiger charge is -2.31. The molecule has 84 valence electrons. The summed E-state index contributed by atoms with van der Waals surface area (Å²) in [7, 11) is 4.03. The van der Waals surface area contributed by atoms with Crippen molar-refractivity contribution >= 4 is 0 Å². The minimum Gasteiger partial charge on any atom is -0.320 e. The van der Waals surface area contributed by atoms with Gasteiger partial charge in [0, 0.05) is 19.6 Å². The third kappa shape index (κ3) is 2.54. The zero-order chi connectivity index (χ0) is 10.7. The van der Waals surface area contributed by atoms with E-state index in [0.29, 0.717) is 6.04 Å². The quantitative estimate of drug-likeness (QED) is 0.761. The van der Waals surface area contributed by atoms with E-state index in [1.165, 1.54) is 19.4 Å². The summed E-state index contributed by atoms with van der Waals surface area (Å²) in [5.41, 5.74) is 0. The molecule has 0 radical (unpaired) electrons. The highest BCUT2D eigenvalue weighted by atomic mass is 15.3. The van der Waals surface area contributed by atoms with Gasteiger partial charge < -0.3 is 9.88 Å². The molecule has 1 N–H and O–H groups in total. The molecule has 1 unspecified atom stereocenters. The number of nitrogens with zero attached hydrogens (tertiary/aromatic N) is 4. The Balaban J connectivity index is 1.92. The first-order chi connectivity index (χ1) is 7.29. The molecule has 1 saturated heterocycles. The predicted molar refractivity (Wildman–Crippen MR) is 58.4 cm³/mol. The Hall–Kier alpha value is -0.940. The van der Waals surface area contributed by atoms with Gasteiger partial charge in [0.05, 0.1) is 6.54 Å². The van der Waals surface area contributed by atoms with Crippen LogP contribution in [0.15, 0.2) is 6.33 Å². The van der Waals surface area contributed by atoms with Gasteiger partial charge in [0.15, 0.2) is 0 Å². The molecule has 1 aliphatic heterocycles. The normalized spacial score (nSPS) is 23.2. The van der Waals surface area contributed by atoms with Crippen molar-refractivity contribution in [2.24, 2.45) is 7.05 Å². The first kappa shape index (κ1) is 10.6. The second-order valence-electron chi connectivity index (χ2n) is 4.22. The number of rotatable bonds is 3. The van der Waals surface area contributed by atoms with Crippen molar-refractivity contribution < 1.29 is 0 Å². The standard InChI is InChI=1S/C10H19N5/c1-11-9-4-3-5-15(6-9)7-10-13-12-8-14(10)2/h8-9,11H,3-7H2,1-2H3. The van der Waals surface area contributed by atoms with Crippen molar-refractivity contribution in [1.82, 2.24) is 25.0 Å². The minimum absolute atomic E-state index is 0.631. The summed E-state index contributed by atoms with van der Waals surface area (Å²) in [5.74, 6) is 1.05. The molecule has 1 aromatic heterocycles. The van der Waals surface area contributed by atoms with E-state index in [1.807, 2.05) is 18.7 Å². The zero-order valence-corrected chi connectivity index (χ0v) is 9.48. The summed E-state index contributed by atoms with van der Waals surface area (Å²) >= 11 is 0. The highest BCUT2D eigenvalue weighted by Gasteiger charge is 2.19. The molecular formula is C10H19N5. The minimum atomic E-state index is 0.631. The van der Waals surface area contributed by atoms with Crippen molar-refractivity contribution in [3.63, 3.8) is 0 Å². The molecule has 0 bridgehead atoms. The van der Waals surface area contributed by atoms with Crippen molar-refractivity contribution in [1.29, 1.82) is 0 Å². The Labute approximate surface area is 90.5 Å². The molecule has 1 aromatic rings. The SMILES string of the molecule is CNC1CCCN(Cc2nncn2C)C1. The topological polar surface area (TPSA) is 46.0 Å². The summed E-state index contributed by atoms with van der Waals surface area (Å²) in [6, 6.07) is 0.631. The van der Waals surface area contributed by atoms with E-state index in [2.05, 4.69) is 20.4 Å². The third-order valence-electron chi connectivity index (χ3n) is 3.08. The molecule has 5 nitrogen and oxygen atoms in total. The molecule has 0 spiro atoms. The zero-order valence-electron chi connectivity index (χ0n) is 9.48. The smallest absolute Gasteiger partial charge is 0.146 e. The first-order valence-corrected chi connectivity index (χ1v) is 5.52. The first-order valence-electron chi connectivity index (χ1n) is 5.52. The van der Waals surface area contributed by atoms with Crippen LogP contribution in [0.1, 0.15) is 18.7 Å². The maximum atomic E-state index is 4.11. The lowest BCUT2D eigenvalue weighted by molar-refractivity contribution is 0.182. The van der Waals surface area contributed by atoms with Crippen LogP contribution in [-0.4, -0.2) is 45.8 Å². The molecule has 5 heteroatoms. The van der Waals surface area contributed by atoms with Crippen LogP contribution >= 0.6 is 0 Å². The molecule has 15 heavy (non-hydrogen) atoms. The van der Waals surface area contributed by atoms with E-state index in [0.717, 1.165) is 18.9 Å². The van der Waals surface area contributed by atoms with Gasteiger partial charge in [-0.2, -0.15) is 0 Å². The van der Waals surface area contributed by atoms with Crippen molar-refractivity contribution in [3.8, 4) is 0 Å². The second-order valence-corrected chi connectivity index (χ2v) is 4.22. The highest BCUT2D eigenvalue weighted by molar-refractivity contribution is 4.87. The monoisotopic (exact) mass is 209 g/mol. The number of hydrogen-bond donors (Lipinski definition) is 1. The number of piperidine rings is 1. The van der Waals surface area contributed by atoms with Crippen LogP contribution in [0.4, 0.5) is 0 Å². The van der Waals surface area contributed by atoms with Crippen LogP contribution in [0, 0.1) is 0 Å². The summed E-state index contributed by atoms with van der Waals surface area (Å²) in [4.78, 5) is 2.44. The van der Waals surface area contributed by atoms with Gasteiger partial charge in [-0.25, -0.2) is 0 Å². The third-order valence-corrected chi connectivity index (χ3v) is 3.08. The Kier molecular flexibility index (Phi) is 3.33. The van der Waals surface area contributed by atoms with Crippen LogP contribution in [0.3, 0.4) is 0 Å². The maximum absolute atomic E-state index is 4.11. The number of likely N-dealkylation sites (N-methyl/N-ethyl adjacent to an activating group) is 1. The molecule has 0 saturated carbocycles. The summed E-state index contributed by atoms with van der Waals surface area (Å²) in [5, 5.41) is 11.4. The molecule has 2 heterocycles. The van der Waals surface area contributed by atoms with Gasteiger partial charge in [0.1, 0.15) is 12.2 Å². The molecular weight excluding hydrogens is 190 g/mol. The fourth-order valence-corrected chi connectivity index (χ4v) is 2.09. The molecule has 0 aliphatic carbocycles. The summed E-state index contributed by atoms with van der Waals surface area (Å²) < 4.78 is 1.99. The van der Waals surface area contributed by atoms with Crippen LogP contribution in [0.5, 0.6) is 0 Å². The number of hydrogen-bond acceptors (Lipinski definition) is 4.